The minimum absolute atomic E-state index is 0.0284. The predicted octanol–water partition coefficient (Wildman–Crippen LogP) is 3.67. The molecule has 102 valence electrons. The zero-order valence-electron chi connectivity index (χ0n) is 11.5. The number of hydrogen-bond donors (Lipinski definition) is 1. The maximum absolute atomic E-state index is 11.8. The number of thioether (sulfide) groups is 1. The number of nitrogens with zero attached hydrogens (tertiary/aromatic N) is 1. The average Bonchev–Trinajstić information content (AvgIpc) is 2.43. The molecule has 4 heteroatoms. The molecule has 19 heavy (non-hydrogen) atoms. The number of anilines is 1. The van der Waals surface area contributed by atoms with Gasteiger partial charge in [-0.2, -0.15) is 17.0 Å². The monoisotopic (exact) mass is 276 g/mol. The number of amides is 1. The minimum Gasteiger partial charge on any atom is -0.325 e. The first kappa shape index (κ1) is 15.6. The number of hydrogen-bond acceptors (Lipinski definition) is 3. The van der Waals surface area contributed by atoms with Crippen LogP contribution in [-0.2, 0) is 4.79 Å². The van der Waals surface area contributed by atoms with Crippen molar-refractivity contribution < 1.29 is 4.79 Å². The van der Waals surface area contributed by atoms with Gasteiger partial charge in [-0.05, 0) is 23.8 Å². The third kappa shape index (κ3) is 5.80. The van der Waals surface area contributed by atoms with Crippen molar-refractivity contribution in [1.82, 2.24) is 0 Å². The van der Waals surface area contributed by atoms with Gasteiger partial charge >= 0.3 is 0 Å². The molecule has 1 aromatic rings. The molecular weight excluding hydrogens is 256 g/mol. The van der Waals surface area contributed by atoms with Crippen LogP contribution in [0.1, 0.15) is 32.3 Å². The first-order valence-corrected chi connectivity index (χ1v) is 7.69. The molecule has 0 aliphatic carbocycles. The van der Waals surface area contributed by atoms with E-state index in [2.05, 4.69) is 25.2 Å². The largest absolute Gasteiger partial charge is 0.325 e. The average molecular weight is 276 g/mol. The highest BCUT2D eigenvalue weighted by Gasteiger charge is 2.06. The Hall–Kier alpha value is -1.47. The summed E-state index contributed by atoms with van der Waals surface area (Å²) in [5.74, 6) is 2.59. The zero-order valence-corrected chi connectivity index (χ0v) is 12.3. The van der Waals surface area contributed by atoms with Gasteiger partial charge in [-0.3, -0.25) is 4.79 Å². The van der Waals surface area contributed by atoms with E-state index >= 15 is 0 Å². The van der Waals surface area contributed by atoms with E-state index in [-0.39, 0.29) is 5.91 Å². The number of benzene rings is 1. The van der Waals surface area contributed by atoms with Crippen molar-refractivity contribution in [3.05, 3.63) is 29.8 Å². The molecule has 0 radical (unpaired) electrons. The minimum atomic E-state index is -0.0284. The fourth-order valence-corrected chi connectivity index (χ4v) is 2.60. The van der Waals surface area contributed by atoms with Crippen molar-refractivity contribution in [1.29, 1.82) is 5.26 Å². The van der Waals surface area contributed by atoms with Gasteiger partial charge in [0.1, 0.15) is 6.07 Å². The van der Waals surface area contributed by atoms with Crippen LogP contribution in [0.25, 0.3) is 0 Å². The van der Waals surface area contributed by atoms with Crippen molar-refractivity contribution >= 4 is 23.4 Å². The Morgan fingerprint density at radius 1 is 1.47 bits per heavy atom. The number of rotatable bonds is 7. The number of carbonyl (C=O) groups is 1. The first-order valence-electron chi connectivity index (χ1n) is 6.54. The molecule has 0 aromatic heterocycles. The van der Waals surface area contributed by atoms with Gasteiger partial charge in [-0.25, -0.2) is 0 Å². The van der Waals surface area contributed by atoms with Crippen LogP contribution < -0.4 is 5.32 Å². The Kier molecular flexibility index (Phi) is 7.06. The van der Waals surface area contributed by atoms with E-state index in [1.165, 1.54) is 6.42 Å². The van der Waals surface area contributed by atoms with E-state index < -0.39 is 0 Å². The Morgan fingerprint density at radius 2 is 2.21 bits per heavy atom. The number of para-hydroxylation sites is 1. The summed E-state index contributed by atoms with van der Waals surface area (Å²) in [4.78, 5) is 11.8. The van der Waals surface area contributed by atoms with Crippen LogP contribution in [0.15, 0.2) is 24.3 Å². The SMILES string of the molecule is CCC(C)CSCCC(=O)Nc1ccccc1C#N. The molecule has 0 heterocycles. The molecule has 1 aromatic carbocycles. The summed E-state index contributed by atoms with van der Waals surface area (Å²) < 4.78 is 0. The van der Waals surface area contributed by atoms with Gasteiger partial charge in [-0.15, -0.1) is 0 Å². The Bertz CT molecular complexity index is 454. The van der Waals surface area contributed by atoms with E-state index in [9.17, 15) is 4.79 Å². The third-order valence-corrected chi connectivity index (χ3v) is 4.19. The van der Waals surface area contributed by atoms with Gasteiger partial charge < -0.3 is 5.32 Å². The topological polar surface area (TPSA) is 52.9 Å². The maximum Gasteiger partial charge on any atom is 0.225 e. The van der Waals surface area contributed by atoms with Crippen LogP contribution in [-0.4, -0.2) is 17.4 Å². The van der Waals surface area contributed by atoms with Crippen molar-refractivity contribution in [2.24, 2.45) is 5.92 Å². The molecule has 3 nitrogen and oxygen atoms in total. The number of nitrogens with one attached hydrogen (secondary N) is 1. The normalized spacial score (nSPS) is 11.6. The molecule has 0 saturated carbocycles. The second-order valence-corrected chi connectivity index (χ2v) is 5.69. The zero-order chi connectivity index (χ0) is 14.1. The molecule has 0 spiro atoms. The molecule has 1 amide bonds. The summed E-state index contributed by atoms with van der Waals surface area (Å²) in [6.45, 7) is 4.40. The summed E-state index contributed by atoms with van der Waals surface area (Å²) >= 11 is 1.81. The number of nitriles is 1. The Labute approximate surface area is 119 Å². The van der Waals surface area contributed by atoms with Crippen LogP contribution >= 0.6 is 11.8 Å². The lowest BCUT2D eigenvalue weighted by atomic mass is 10.2. The van der Waals surface area contributed by atoms with Crippen LogP contribution in [0.5, 0.6) is 0 Å². The molecule has 0 aliphatic rings. The summed E-state index contributed by atoms with van der Waals surface area (Å²) in [5, 5.41) is 11.7. The van der Waals surface area contributed by atoms with Gasteiger partial charge in [0.15, 0.2) is 0 Å². The molecule has 0 saturated heterocycles. The summed E-state index contributed by atoms with van der Waals surface area (Å²) in [6.07, 6.45) is 1.66. The molecule has 1 atom stereocenters. The predicted molar refractivity (Wildman–Crippen MR) is 81.2 cm³/mol. The third-order valence-electron chi connectivity index (χ3n) is 2.89. The van der Waals surface area contributed by atoms with Crippen molar-refractivity contribution in [2.75, 3.05) is 16.8 Å². The second-order valence-electron chi connectivity index (χ2n) is 4.54. The fourth-order valence-electron chi connectivity index (χ4n) is 1.47. The van der Waals surface area contributed by atoms with Gasteiger partial charge in [0.2, 0.25) is 5.91 Å². The highest BCUT2D eigenvalue weighted by atomic mass is 32.2. The molecule has 1 rings (SSSR count). The Morgan fingerprint density at radius 3 is 2.89 bits per heavy atom. The molecule has 1 unspecified atom stereocenters. The van der Waals surface area contributed by atoms with Crippen LogP contribution in [0.4, 0.5) is 5.69 Å². The summed E-state index contributed by atoms with van der Waals surface area (Å²) in [7, 11) is 0. The summed E-state index contributed by atoms with van der Waals surface area (Å²) in [6, 6.07) is 9.13. The van der Waals surface area contributed by atoms with Gasteiger partial charge in [0.25, 0.3) is 0 Å². The molecular formula is C15H20N2OS. The molecule has 0 fully saturated rings. The number of carbonyl (C=O) groups excluding carboxylic acids is 1. The van der Waals surface area contributed by atoms with Crippen molar-refractivity contribution in [3.8, 4) is 6.07 Å². The van der Waals surface area contributed by atoms with Gasteiger partial charge in [0.05, 0.1) is 11.3 Å². The molecule has 0 aliphatic heterocycles. The van der Waals surface area contributed by atoms with E-state index in [0.29, 0.717) is 23.6 Å². The second kappa shape index (κ2) is 8.60. The van der Waals surface area contributed by atoms with E-state index in [4.69, 9.17) is 5.26 Å². The first-order chi connectivity index (χ1) is 9.17. The van der Waals surface area contributed by atoms with Crippen LogP contribution in [0.3, 0.4) is 0 Å². The summed E-state index contributed by atoms with van der Waals surface area (Å²) in [5.41, 5.74) is 1.10. The standard InChI is InChI=1S/C15H20N2OS/c1-3-12(2)11-19-9-8-15(18)17-14-7-5-4-6-13(14)10-16/h4-7,12H,3,8-9,11H2,1-2H3,(H,17,18). The van der Waals surface area contributed by atoms with Gasteiger partial charge in [-0.1, -0.05) is 32.4 Å². The van der Waals surface area contributed by atoms with Gasteiger partial charge in [0, 0.05) is 12.2 Å². The van der Waals surface area contributed by atoms with E-state index in [1.54, 1.807) is 18.2 Å². The maximum atomic E-state index is 11.8. The van der Waals surface area contributed by atoms with Crippen molar-refractivity contribution in [3.63, 3.8) is 0 Å². The lowest BCUT2D eigenvalue weighted by Crippen LogP contribution is -2.13. The Balaban J connectivity index is 2.34. The highest BCUT2D eigenvalue weighted by Crippen LogP contribution is 2.15. The molecule has 0 bridgehead atoms. The van der Waals surface area contributed by atoms with Crippen LogP contribution in [0, 0.1) is 17.2 Å². The van der Waals surface area contributed by atoms with Crippen LogP contribution in [0.2, 0.25) is 0 Å². The lowest BCUT2D eigenvalue weighted by molar-refractivity contribution is -0.115. The quantitative estimate of drug-likeness (QED) is 0.773. The molecule has 1 N–H and O–H groups in total. The van der Waals surface area contributed by atoms with E-state index in [0.717, 1.165) is 11.5 Å². The highest BCUT2D eigenvalue weighted by molar-refractivity contribution is 7.99. The van der Waals surface area contributed by atoms with Crippen molar-refractivity contribution in [2.45, 2.75) is 26.7 Å². The fraction of sp³-hybridized carbons (Fsp3) is 0.467. The van der Waals surface area contributed by atoms with E-state index in [1.807, 2.05) is 17.8 Å². The smallest absolute Gasteiger partial charge is 0.225 e. The lowest BCUT2D eigenvalue weighted by Gasteiger charge is -2.08.